The molecule has 0 bridgehead atoms. The van der Waals surface area contributed by atoms with Crippen LogP contribution in [-0.2, 0) is 18.3 Å². The van der Waals surface area contributed by atoms with Gasteiger partial charge in [0.2, 0.25) is 0 Å². The number of aromatic nitrogens is 2. The Morgan fingerprint density at radius 3 is 2.90 bits per heavy atom. The molecule has 2 saturated heterocycles. The quantitative estimate of drug-likeness (QED) is 0.844. The van der Waals surface area contributed by atoms with Crippen molar-refractivity contribution in [2.24, 2.45) is 7.05 Å². The molecule has 0 aromatic carbocycles. The molecule has 1 N–H and O–H groups in total. The number of rotatable bonds is 4. The first-order valence-electron chi connectivity index (χ1n) is 7.43. The van der Waals surface area contributed by atoms with Crippen molar-refractivity contribution in [3.05, 3.63) is 17.5 Å². The van der Waals surface area contributed by atoms with E-state index in [-0.39, 0.29) is 0 Å². The second-order valence-electron chi connectivity index (χ2n) is 5.76. The highest BCUT2D eigenvalue weighted by atomic mass is 16.5. The van der Waals surface area contributed by atoms with E-state index in [2.05, 4.69) is 14.9 Å². The summed E-state index contributed by atoms with van der Waals surface area (Å²) in [5, 5.41) is 13.3. The molecule has 1 atom stereocenters. The van der Waals surface area contributed by atoms with Crippen LogP contribution in [0.3, 0.4) is 0 Å². The van der Waals surface area contributed by atoms with Crippen molar-refractivity contribution >= 4 is 5.97 Å². The van der Waals surface area contributed by atoms with Gasteiger partial charge in [-0.1, -0.05) is 0 Å². The van der Waals surface area contributed by atoms with Crippen LogP contribution in [0, 0.1) is 0 Å². The van der Waals surface area contributed by atoms with E-state index in [1.165, 1.54) is 6.20 Å². The van der Waals surface area contributed by atoms with Gasteiger partial charge in [0.1, 0.15) is 5.56 Å². The monoisotopic (exact) mass is 294 g/mol. The van der Waals surface area contributed by atoms with Crippen LogP contribution in [0.5, 0.6) is 0 Å². The molecular formula is C14H22N4O3. The van der Waals surface area contributed by atoms with Crippen LogP contribution < -0.4 is 0 Å². The number of likely N-dealkylation sites (tertiary alicyclic amines) is 1. The van der Waals surface area contributed by atoms with E-state index in [9.17, 15) is 9.90 Å². The van der Waals surface area contributed by atoms with Gasteiger partial charge >= 0.3 is 5.97 Å². The van der Waals surface area contributed by atoms with Gasteiger partial charge in [0.25, 0.3) is 0 Å². The molecule has 2 fully saturated rings. The Morgan fingerprint density at radius 2 is 2.19 bits per heavy atom. The van der Waals surface area contributed by atoms with E-state index in [4.69, 9.17) is 4.74 Å². The van der Waals surface area contributed by atoms with Crippen LogP contribution in [0.4, 0.5) is 0 Å². The molecule has 7 heteroatoms. The average Bonchev–Trinajstić information content (AvgIpc) is 3.08. The summed E-state index contributed by atoms with van der Waals surface area (Å²) in [6.07, 6.45) is 2.58. The number of carboxylic acid groups (broad SMARTS) is 1. The van der Waals surface area contributed by atoms with Gasteiger partial charge in [-0.2, -0.15) is 5.10 Å². The molecule has 2 aliphatic rings. The molecule has 7 nitrogen and oxygen atoms in total. The molecule has 21 heavy (non-hydrogen) atoms. The largest absolute Gasteiger partial charge is 0.478 e. The lowest BCUT2D eigenvalue weighted by Gasteiger charge is -2.32. The number of ether oxygens (including phenoxy) is 1. The minimum atomic E-state index is -0.901. The topological polar surface area (TPSA) is 70.8 Å². The lowest BCUT2D eigenvalue weighted by atomic mass is 10.2. The normalized spacial score (nSPS) is 24.5. The Hall–Kier alpha value is -1.44. The Kier molecular flexibility index (Phi) is 4.23. The van der Waals surface area contributed by atoms with Gasteiger partial charge in [0.15, 0.2) is 0 Å². The molecule has 0 saturated carbocycles. The van der Waals surface area contributed by atoms with E-state index >= 15 is 0 Å². The van der Waals surface area contributed by atoms with Gasteiger partial charge < -0.3 is 9.84 Å². The molecule has 0 spiro atoms. The molecule has 1 aromatic rings. The summed E-state index contributed by atoms with van der Waals surface area (Å²) in [7, 11) is 1.80. The SMILES string of the molecule is Cn1ncc(C(=O)O)c1CN1CCC(N2CCOCC2)C1. The van der Waals surface area contributed by atoms with Crippen LogP contribution in [0.2, 0.25) is 0 Å². The third kappa shape index (κ3) is 3.09. The maximum absolute atomic E-state index is 11.2. The smallest absolute Gasteiger partial charge is 0.339 e. The number of hydrogen-bond donors (Lipinski definition) is 1. The molecule has 0 radical (unpaired) electrons. The first-order chi connectivity index (χ1) is 10.1. The first kappa shape index (κ1) is 14.5. The Balaban J connectivity index is 1.62. The standard InChI is InChI=1S/C14H22N4O3/c1-16-13(12(8-15-16)14(19)20)10-17-3-2-11(9-17)18-4-6-21-7-5-18/h8,11H,2-7,9-10H2,1H3,(H,19,20). The molecule has 0 amide bonds. The minimum absolute atomic E-state index is 0.312. The highest BCUT2D eigenvalue weighted by Crippen LogP contribution is 2.20. The van der Waals surface area contributed by atoms with E-state index < -0.39 is 5.97 Å². The van der Waals surface area contributed by atoms with E-state index in [0.29, 0.717) is 18.2 Å². The number of aromatic carboxylic acids is 1. The van der Waals surface area contributed by atoms with Crippen LogP contribution in [-0.4, -0.2) is 76.1 Å². The van der Waals surface area contributed by atoms with Gasteiger partial charge in [-0.05, 0) is 6.42 Å². The number of aryl methyl sites for hydroxylation is 1. The highest BCUT2D eigenvalue weighted by Gasteiger charge is 2.30. The molecule has 3 heterocycles. The van der Waals surface area contributed by atoms with E-state index in [0.717, 1.165) is 51.5 Å². The van der Waals surface area contributed by atoms with Crippen LogP contribution >= 0.6 is 0 Å². The fourth-order valence-corrected chi connectivity index (χ4v) is 3.24. The Labute approximate surface area is 124 Å². The summed E-state index contributed by atoms with van der Waals surface area (Å²) in [4.78, 5) is 16.0. The number of carboxylic acids is 1. The average molecular weight is 294 g/mol. The zero-order valence-corrected chi connectivity index (χ0v) is 12.4. The number of nitrogens with zero attached hydrogens (tertiary/aromatic N) is 4. The van der Waals surface area contributed by atoms with Crippen molar-refractivity contribution in [2.75, 3.05) is 39.4 Å². The number of carbonyl (C=O) groups is 1. The molecule has 2 aliphatic heterocycles. The first-order valence-corrected chi connectivity index (χ1v) is 7.43. The van der Waals surface area contributed by atoms with Crippen molar-refractivity contribution in [2.45, 2.75) is 19.0 Å². The fourth-order valence-electron chi connectivity index (χ4n) is 3.24. The lowest BCUT2D eigenvalue weighted by Crippen LogP contribution is -2.44. The molecule has 1 aromatic heterocycles. The number of morpholine rings is 1. The lowest BCUT2D eigenvalue weighted by molar-refractivity contribution is 0.0183. The Bertz CT molecular complexity index is 510. The van der Waals surface area contributed by atoms with Crippen LogP contribution in [0.1, 0.15) is 22.5 Å². The van der Waals surface area contributed by atoms with Gasteiger partial charge in [0.05, 0.1) is 25.1 Å². The van der Waals surface area contributed by atoms with Crippen molar-refractivity contribution in [3.63, 3.8) is 0 Å². The van der Waals surface area contributed by atoms with Crippen molar-refractivity contribution < 1.29 is 14.6 Å². The summed E-state index contributed by atoms with van der Waals surface area (Å²) in [6, 6.07) is 0.565. The maximum atomic E-state index is 11.2. The molecular weight excluding hydrogens is 272 g/mol. The highest BCUT2D eigenvalue weighted by molar-refractivity contribution is 5.88. The predicted octanol–water partition coefficient (Wildman–Crippen LogP) is 0.0248. The zero-order valence-electron chi connectivity index (χ0n) is 12.4. The van der Waals surface area contributed by atoms with Gasteiger partial charge in [-0.3, -0.25) is 14.5 Å². The summed E-state index contributed by atoms with van der Waals surface area (Å²) in [5.74, 6) is -0.901. The number of hydrogen-bond acceptors (Lipinski definition) is 5. The summed E-state index contributed by atoms with van der Waals surface area (Å²) >= 11 is 0. The maximum Gasteiger partial charge on any atom is 0.339 e. The summed E-state index contributed by atoms with van der Waals surface area (Å²) in [5.41, 5.74) is 1.09. The van der Waals surface area contributed by atoms with Crippen LogP contribution in [0.25, 0.3) is 0 Å². The Morgan fingerprint density at radius 1 is 1.43 bits per heavy atom. The van der Waals surface area contributed by atoms with Gasteiger partial charge in [-0.15, -0.1) is 0 Å². The molecule has 1 unspecified atom stereocenters. The summed E-state index contributed by atoms with van der Waals surface area (Å²) < 4.78 is 7.07. The zero-order chi connectivity index (χ0) is 14.8. The molecule has 3 rings (SSSR count). The van der Waals surface area contributed by atoms with E-state index in [1.807, 2.05) is 0 Å². The van der Waals surface area contributed by atoms with Crippen molar-refractivity contribution in [1.82, 2.24) is 19.6 Å². The van der Waals surface area contributed by atoms with Crippen LogP contribution in [0.15, 0.2) is 6.20 Å². The summed E-state index contributed by atoms with van der Waals surface area (Å²) in [6.45, 7) is 6.30. The van der Waals surface area contributed by atoms with E-state index in [1.54, 1.807) is 11.7 Å². The van der Waals surface area contributed by atoms with Gasteiger partial charge in [0, 0.05) is 45.8 Å². The van der Waals surface area contributed by atoms with Gasteiger partial charge in [-0.25, -0.2) is 4.79 Å². The molecule has 116 valence electrons. The minimum Gasteiger partial charge on any atom is -0.478 e. The second kappa shape index (κ2) is 6.13. The second-order valence-corrected chi connectivity index (χ2v) is 5.76. The van der Waals surface area contributed by atoms with Crippen molar-refractivity contribution in [1.29, 1.82) is 0 Å². The molecule has 0 aliphatic carbocycles. The predicted molar refractivity (Wildman–Crippen MR) is 76.2 cm³/mol. The third-order valence-electron chi connectivity index (χ3n) is 4.47. The fraction of sp³-hybridized carbons (Fsp3) is 0.714. The third-order valence-corrected chi connectivity index (χ3v) is 4.47. The van der Waals surface area contributed by atoms with Crippen molar-refractivity contribution in [3.8, 4) is 0 Å².